The van der Waals surface area contributed by atoms with Crippen LogP contribution in [0.2, 0.25) is 0 Å². The van der Waals surface area contributed by atoms with Crippen molar-refractivity contribution in [2.75, 3.05) is 17.3 Å². The van der Waals surface area contributed by atoms with Crippen LogP contribution in [0.25, 0.3) is 0 Å². The van der Waals surface area contributed by atoms with E-state index in [9.17, 15) is 4.79 Å². The summed E-state index contributed by atoms with van der Waals surface area (Å²) in [6, 6.07) is 5.52. The average molecular weight is 224 g/mol. The van der Waals surface area contributed by atoms with E-state index in [1.807, 2.05) is 38.3 Å². The van der Waals surface area contributed by atoms with Crippen LogP contribution in [0.3, 0.4) is 0 Å². The minimum absolute atomic E-state index is 0.0104. The number of rotatable bonds is 3. The Hall–Kier alpha value is -1.16. The van der Waals surface area contributed by atoms with Gasteiger partial charge in [0.25, 0.3) is 0 Å². The third kappa shape index (κ3) is 2.89. The smallest absolute Gasteiger partial charge is 0.237 e. The second kappa shape index (κ2) is 5.07. The Morgan fingerprint density at radius 3 is 2.80 bits per heavy atom. The summed E-state index contributed by atoms with van der Waals surface area (Å²) >= 11 is 1.52. The van der Waals surface area contributed by atoms with Crippen molar-refractivity contribution in [2.24, 2.45) is 0 Å². The lowest BCUT2D eigenvalue weighted by atomic mass is 10.1. The standard InChI is InChI=1S/C11H16N2OS/c1-7-9(12)5-4-6-10(7)13-11(14)8(2)15-3/h4-6,8H,12H2,1-3H3,(H,13,14). The number of anilines is 2. The monoisotopic (exact) mass is 224 g/mol. The van der Waals surface area contributed by atoms with Gasteiger partial charge in [0.05, 0.1) is 5.25 Å². The summed E-state index contributed by atoms with van der Waals surface area (Å²) in [5, 5.41) is 2.81. The van der Waals surface area contributed by atoms with E-state index in [1.54, 1.807) is 0 Å². The molecule has 0 saturated heterocycles. The SMILES string of the molecule is CSC(C)C(=O)Nc1cccc(N)c1C. The molecule has 0 fully saturated rings. The summed E-state index contributed by atoms with van der Waals surface area (Å²) < 4.78 is 0. The number of hydrogen-bond acceptors (Lipinski definition) is 3. The van der Waals surface area contributed by atoms with Crippen molar-refractivity contribution in [3.63, 3.8) is 0 Å². The molecule has 1 aromatic carbocycles. The molecule has 1 rings (SSSR count). The number of carbonyl (C=O) groups excluding carboxylic acids is 1. The number of hydrogen-bond donors (Lipinski definition) is 2. The summed E-state index contributed by atoms with van der Waals surface area (Å²) in [5.74, 6) is 0.0104. The molecule has 0 heterocycles. The van der Waals surface area contributed by atoms with Crippen LogP contribution >= 0.6 is 11.8 Å². The summed E-state index contributed by atoms with van der Waals surface area (Å²) in [4.78, 5) is 11.6. The first-order valence-electron chi connectivity index (χ1n) is 4.75. The maximum absolute atomic E-state index is 11.6. The van der Waals surface area contributed by atoms with E-state index in [-0.39, 0.29) is 11.2 Å². The fourth-order valence-electron chi connectivity index (χ4n) is 1.13. The van der Waals surface area contributed by atoms with Crippen molar-refractivity contribution in [3.05, 3.63) is 23.8 Å². The molecule has 4 heteroatoms. The molecule has 1 aromatic rings. The minimum Gasteiger partial charge on any atom is -0.398 e. The lowest BCUT2D eigenvalue weighted by Gasteiger charge is -2.12. The van der Waals surface area contributed by atoms with E-state index in [0.29, 0.717) is 5.69 Å². The van der Waals surface area contributed by atoms with Gasteiger partial charge in [0.2, 0.25) is 5.91 Å². The number of amides is 1. The molecule has 0 radical (unpaired) electrons. The number of nitrogens with one attached hydrogen (secondary N) is 1. The van der Waals surface area contributed by atoms with Crippen LogP contribution in [-0.2, 0) is 4.79 Å². The van der Waals surface area contributed by atoms with Crippen LogP contribution in [0.15, 0.2) is 18.2 Å². The summed E-state index contributed by atoms with van der Waals surface area (Å²) in [6.07, 6.45) is 1.91. The lowest BCUT2D eigenvalue weighted by molar-refractivity contribution is -0.115. The molecule has 1 atom stereocenters. The van der Waals surface area contributed by atoms with Gasteiger partial charge < -0.3 is 11.1 Å². The summed E-state index contributed by atoms with van der Waals surface area (Å²) in [5.41, 5.74) is 8.16. The Bertz CT molecular complexity index is 366. The molecule has 0 aromatic heterocycles. The zero-order valence-corrected chi connectivity index (χ0v) is 10.0. The Balaban J connectivity index is 2.81. The van der Waals surface area contributed by atoms with Gasteiger partial charge in [-0.1, -0.05) is 6.07 Å². The highest BCUT2D eigenvalue weighted by Crippen LogP contribution is 2.21. The van der Waals surface area contributed by atoms with Crippen molar-refractivity contribution in [1.82, 2.24) is 0 Å². The molecule has 0 spiro atoms. The third-order valence-electron chi connectivity index (χ3n) is 2.36. The molecule has 15 heavy (non-hydrogen) atoms. The van der Waals surface area contributed by atoms with Gasteiger partial charge in [-0.25, -0.2) is 0 Å². The fraction of sp³-hybridized carbons (Fsp3) is 0.364. The number of carbonyl (C=O) groups is 1. The zero-order chi connectivity index (χ0) is 11.4. The molecule has 0 aliphatic rings. The van der Waals surface area contributed by atoms with E-state index in [4.69, 9.17) is 5.73 Å². The van der Waals surface area contributed by atoms with Gasteiger partial charge in [0.15, 0.2) is 0 Å². The highest BCUT2D eigenvalue weighted by molar-refractivity contribution is 7.99. The number of thioether (sulfide) groups is 1. The average Bonchev–Trinajstić information content (AvgIpc) is 2.23. The van der Waals surface area contributed by atoms with Crippen molar-refractivity contribution >= 4 is 29.0 Å². The van der Waals surface area contributed by atoms with Crippen molar-refractivity contribution in [1.29, 1.82) is 0 Å². The Morgan fingerprint density at radius 2 is 2.20 bits per heavy atom. The van der Waals surface area contributed by atoms with E-state index in [2.05, 4.69) is 5.32 Å². The Labute approximate surface area is 94.4 Å². The maximum atomic E-state index is 11.6. The van der Waals surface area contributed by atoms with Crippen LogP contribution in [-0.4, -0.2) is 17.4 Å². The van der Waals surface area contributed by atoms with Crippen LogP contribution in [0, 0.1) is 6.92 Å². The first-order valence-corrected chi connectivity index (χ1v) is 6.03. The van der Waals surface area contributed by atoms with E-state index < -0.39 is 0 Å². The first-order chi connectivity index (χ1) is 7.06. The molecule has 82 valence electrons. The van der Waals surface area contributed by atoms with Gasteiger partial charge >= 0.3 is 0 Å². The summed E-state index contributed by atoms with van der Waals surface area (Å²) in [6.45, 7) is 3.77. The topological polar surface area (TPSA) is 55.1 Å². The second-order valence-electron chi connectivity index (χ2n) is 3.39. The van der Waals surface area contributed by atoms with Gasteiger partial charge in [0, 0.05) is 11.4 Å². The number of benzene rings is 1. The Morgan fingerprint density at radius 1 is 1.53 bits per heavy atom. The van der Waals surface area contributed by atoms with Crippen molar-refractivity contribution < 1.29 is 4.79 Å². The predicted octanol–water partition coefficient (Wildman–Crippen LogP) is 2.27. The van der Waals surface area contributed by atoms with Gasteiger partial charge in [-0.15, -0.1) is 0 Å². The van der Waals surface area contributed by atoms with Crippen LogP contribution in [0.4, 0.5) is 11.4 Å². The molecule has 0 bridgehead atoms. The van der Waals surface area contributed by atoms with Crippen LogP contribution < -0.4 is 11.1 Å². The van der Waals surface area contributed by atoms with E-state index in [1.165, 1.54) is 11.8 Å². The maximum Gasteiger partial charge on any atom is 0.237 e. The highest BCUT2D eigenvalue weighted by atomic mass is 32.2. The van der Waals surface area contributed by atoms with Crippen molar-refractivity contribution in [3.8, 4) is 0 Å². The molecular weight excluding hydrogens is 208 g/mol. The largest absolute Gasteiger partial charge is 0.398 e. The van der Waals surface area contributed by atoms with Gasteiger partial charge in [-0.3, -0.25) is 4.79 Å². The number of nitrogen functional groups attached to an aromatic ring is 1. The molecule has 1 unspecified atom stereocenters. The highest BCUT2D eigenvalue weighted by Gasteiger charge is 2.12. The quantitative estimate of drug-likeness (QED) is 0.774. The minimum atomic E-state index is -0.0502. The normalized spacial score (nSPS) is 12.2. The Kier molecular flexibility index (Phi) is 4.03. The lowest BCUT2D eigenvalue weighted by Crippen LogP contribution is -2.22. The first kappa shape index (κ1) is 11.9. The number of nitrogens with two attached hydrogens (primary N) is 1. The molecule has 3 nitrogen and oxygen atoms in total. The molecule has 0 saturated carbocycles. The molecule has 0 aliphatic heterocycles. The van der Waals surface area contributed by atoms with Crippen LogP contribution in [0.5, 0.6) is 0 Å². The van der Waals surface area contributed by atoms with Crippen molar-refractivity contribution in [2.45, 2.75) is 19.1 Å². The van der Waals surface area contributed by atoms with Gasteiger partial charge in [-0.2, -0.15) is 11.8 Å². The summed E-state index contributed by atoms with van der Waals surface area (Å²) in [7, 11) is 0. The fourth-order valence-corrected chi connectivity index (χ4v) is 1.40. The zero-order valence-electron chi connectivity index (χ0n) is 9.20. The predicted molar refractivity (Wildman–Crippen MR) is 67.2 cm³/mol. The van der Waals surface area contributed by atoms with Crippen LogP contribution in [0.1, 0.15) is 12.5 Å². The van der Waals surface area contributed by atoms with E-state index in [0.717, 1.165) is 11.3 Å². The molecular formula is C11H16N2OS. The molecule has 3 N–H and O–H groups in total. The third-order valence-corrected chi connectivity index (χ3v) is 3.28. The van der Waals surface area contributed by atoms with Gasteiger partial charge in [-0.05, 0) is 37.8 Å². The molecule has 1 amide bonds. The molecule has 0 aliphatic carbocycles. The van der Waals surface area contributed by atoms with Gasteiger partial charge in [0.1, 0.15) is 0 Å². The van der Waals surface area contributed by atoms with E-state index >= 15 is 0 Å². The second-order valence-corrected chi connectivity index (χ2v) is 4.57.